The van der Waals surface area contributed by atoms with Crippen LogP contribution in [-0.2, 0) is 4.79 Å². The summed E-state index contributed by atoms with van der Waals surface area (Å²) in [6.07, 6.45) is 1.71. The molecule has 11 heavy (non-hydrogen) atoms. The maximum absolute atomic E-state index is 10.7. The summed E-state index contributed by atoms with van der Waals surface area (Å²) in [5, 5.41) is 9.34. The van der Waals surface area contributed by atoms with E-state index in [0.29, 0.717) is 6.42 Å². The summed E-state index contributed by atoms with van der Waals surface area (Å²) in [6.45, 7) is 0. The fourth-order valence-electron chi connectivity index (χ4n) is 1.37. The van der Waals surface area contributed by atoms with Crippen molar-refractivity contribution < 1.29 is 9.90 Å². The summed E-state index contributed by atoms with van der Waals surface area (Å²) in [7, 11) is 0. The number of aliphatic hydroxyl groups excluding tert-OH is 1. The topological polar surface area (TPSA) is 63.3 Å². The number of halogens is 1. The number of hydrogen-bond donors (Lipinski definition) is 2. The van der Waals surface area contributed by atoms with Crippen molar-refractivity contribution in [3.05, 3.63) is 0 Å². The smallest absolute Gasteiger partial charge is 0.220 e. The second-order valence-corrected chi connectivity index (χ2v) is 4.17. The molecule has 0 spiro atoms. The SMILES string of the molecule is NC(=O)C1CCC(Br)C(O)C1. The van der Waals surface area contributed by atoms with Gasteiger partial charge in [0.05, 0.1) is 6.10 Å². The average molecular weight is 222 g/mol. The first-order valence-corrected chi connectivity index (χ1v) is 4.64. The van der Waals surface area contributed by atoms with Crippen molar-refractivity contribution in [3.63, 3.8) is 0 Å². The molecule has 3 nitrogen and oxygen atoms in total. The Balaban J connectivity index is 2.46. The second-order valence-electron chi connectivity index (χ2n) is 3.00. The van der Waals surface area contributed by atoms with E-state index in [1.165, 1.54) is 0 Å². The molecule has 3 unspecified atom stereocenters. The molecule has 1 saturated carbocycles. The van der Waals surface area contributed by atoms with E-state index in [-0.39, 0.29) is 16.7 Å². The van der Waals surface area contributed by atoms with Gasteiger partial charge in [0.25, 0.3) is 0 Å². The first-order valence-electron chi connectivity index (χ1n) is 3.72. The molecule has 64 valence electrons. The van der Waals surface area contributed by atoms with E-state index in [2.05, 4.69) is 15.9 Å². The molecule has 1 fully saturated rings. The van der Waals surface area contributed by atoms with E-state index in [1.54, 1.807) is 0 Å². The average Bonchev–Trinajstić information content (AvgIpc) is 1.94. The zero-order chi connectivity index (χ0) is 8.43. The Morgan fingerprint density at radius 1 is 1.55 bits per heavy atom. The van der Waals surface area contributed by atoms with Gasteiger partial charge in [0.1, 0.15) is 0 Å². The molecule has 0 aromatic heterocycles. The van der Waals surface area contributed by atoms with Crippen LogP contribution < -0.4 is 5.73 Å². The lowest BCUT2D eigenvalue weighted by molar-refractivity contribution is -0.123. The normalized spacial score (nSPS) is 38.5. The zero-order valence-corrected chi connectivity index (χ0v) is 7.75. The van der Waals surface area contributed by atoms with Crippen LogP contribution in [0.3, 0.4) is 0 Å². The Labute approximate surface area is 74.1 Å². The van der Waals surface area contributed by atoms with Crippen LogP contribution in [-0.4, -0.2) is 21.9 Å². The quantitative estimate of drug-likeness (QED) is 0.630. The maximum atomic E-state index is 10.7. The lowest BCUT2D eigenvalue weighted by Crippen LogP contribution is -2.35. The minimum atomic E-state index is -0.416. The van der Waals surface area contributed by atoms with Crippen LogP contribution in [0.25, 0.3) is 0 Å². The molecule has 0 saturated heterocycles. The number of hydrogen-bond acceptors (Lipinski definition) is 2. The van der Waals surface area contributed by atoms with Crippen molar-refractivity contribution in [1.29, 1.82) is 0 Å². The second kappa shape index (κ2) is 3.54. The lowest BCUT2D eigenvalue weighted by Gasteiger charge is -2.27. The van der Waals surface area contributed by atoms with Crippen LogP contribution in [0.4, 0.5) is 0 Å². The minimum absolute atomic E-state index is 0.126. The zero-order valence-electron chi connectivity index (χ0n) is 6.16. The third kappa shape index (κ3) is 2.17. The van der Waals surface area contributed by atoms with Gasteiger partial charge in [-0.1, -0.05) is 15.9 Å². The van der Waals surface area contributed by atoms with Gasteiger partial charge in [0.2, 0.25) is 5.91 Å². The van der Waals surface area contributed by atoms with Crippen molar-refractivity contribution >= 4 is 21.8 Å². The number of aliphatic hydroxyl groups is 1. The third-order valence-corrected chi connectivity index (χ3v) is 3.20. The van der Waals surface area contributed by atoms with E-state index in [1.807, 2.05) is 0 Å². The molecule has 0 aromatic carbocycles. The molecule has 4 heteroatoms. The summed E-state index contributed by atoms with van der Waals surface area (Å²) in [5.41, 5.74) is 5.11. The number of carbonyl (C=O) groups is 1. The number of amides is 1. The predicted molar refractivity (Wildman–Crippen MR) is 45.3 cm³/mol. The van der Waals surface area contributed by atoms with E-state index >= 15 is 0 Å². The van der Waals surface area contributed by atoms with E-state index in [4.69, 9.17) is 5.73 Å². The number of primary amides is 1. The fraction of sp³-hybridized carbons (Fsp3) is 0.857. The van der Waals surface area contributed by atoms with Gasteiger partial charge in [-0.15, -0.1) is 0 Å². The van der Waals surface area contributed by atoms with Crippen LogP contribution >= 0.6 is 15.9 Å². The Hall–Kier alpha value is -0.0900. The summed E-state index contributed by atoms with van der Waals surface area (Å²) >= 11 is 3.33. The van der Waals surface area contributed by atoms with E-state index in [0.717, 1.165) is 12.8 Å². The van der Waals surface area contributed by atoms with Crippen molar-refractivity contribution in [1.82, 2.24) is 0 Å². The van der Waals surface area contributed by atoms with Gasteiger partial charge in [-0.25, -0.2) is 0 Å². The molecular weight excluding hydrogens is 210 g/mol. The monoisotopic (exact) mass is 221 g/mol. The Kier molecular flexibility index (Phi) is 2.90. The minimum Gasteiger partial charge on any atom is -0.392 e. The molecule has 1 rings (SSSR count). The van der Waals surface area contributed by atoms with Crippen molar-refractivity contribution in [3.8, 4) is 0 Å². The highest BCUT2D eigenvalue weighted by atomic mass is 79.9. The Morgan fingerprint density at radius 3 is 2.64 bits per heavy atom. The molecule has 3 atom stereocenters. The highest BCUT2D eigenvalue weighted by Crippen LogP contribution is 2.28. The Bertz CT molecular complexity index is 163. The first-order chi connectivity index (χ1) is 5.11. The van der Waals surface area contributed by atoms with Crippen LogP contribution in [0.1, 0.15) is 19.3 Å². The number of alkyl halides is 1. The van der Waals surface area contributed by atoms with Gasteiger partial charge in [0, 0.05) is 10.7 Å². The number of rotatable bonds is 1. The molecular formula is C7H12BrNO2. The third-order valence-electron chi connectivity index (χ3n) is 2.14. The van der Waals surface area contributed by atoms with Crippen molar-refractivity contribution in [2.45, 2.75) is 30.2 Å². The van der Waals surface area contributed by atoms with Gasteiger partial charge in [-0.3, -0.25) is 4.79 Å². The van der Waals surface area contributed by atoms with Gasteiger partial charge in [-0.05, 0) is 19.3 Å². The summed E-state index contributed by atoms with van der Waals surface area (Å²) in [6, 6.07) is 0. The van der Waals surface area contributed by atoms with Crippen molar-refractivity contribution in [2.75, 3.05) is 0 Å². The summed E-state index contributed by atoms with van der Waals surface area (Å²) in [4.78, 5) is 10.8. The highest BCUT2D eigenvalue weighted by Gasteiger charge is 2.29. The maximum Gasteiger partial charge on any atom is 0.220 e. The molecule has 0 aliphatic heterocycles. The molecule has 0 aromatic rings. The van der Waals surface area contributed by atoms with E-state index in [9.17, 15) is 9.90 Å². The summed E-state index contributed by atoms with van der Waals surface area (Å²) in [5.74, 6) is -0.415. The molecule has 3 N–H and O–H groups in total. The van der Waals surface area contributed by atoms with Gasteiger partial charge in [-0.2, -0.15) is 0 Å². The van der Waals surface area contributed by atoms with Crippen LogP contribution in [0.15, 0.2) is 0 Å². The highest BCUT2D eigenvalue weighted by molar-refractivity contribution is 9.09. The first kappa shape index (κ1) is 9.00. The molecule has 0 radical (unpaired) electrons. The Morgan fingerprint density at radius 2 is 2.18 bits per heavy atom. The predicted octanol–water partition coefficient (Wildman–Crippen LogP) is 0.396. The largest absolute Gasteiger partial charge is 0.392 e. The molecule has 0 heterocycles. The molecule has 0 bridgehead atoms. The van der Waals surface area contributed by atoms with Gasteiger partial charge >= 0.3 is 0 Å². The van der Waals surface area contributed by atoms with Gasteiger partial charge in [0.15, 0.2) is 0 Å². The van der Waals surface area contributed by atoms with Gasteiger partial charge < -0.3 is 10.8 Å². The van der Waals surface area contributed by atoms with Crippen LogP contribution in [0.5, 0.6) is 0 Å². The summed E-state index contributed by atoms with van der Waals surface area (Å²) < 4.78 is 0. The van der Waals surface area contributed by atoms with Crippen molar-refractivity contribution in [2.24, 2.45) is 11.7 Å². The van der Waals surface area contributed by atoms with Crippen LogP contribution in [0, 0.1) is 5.92 Å². The molecule has 1 aliphatic carbocycles. The molecule has 1 amide bonds. The van der Waals surface area contributed by atoms with Crippen LogP contribution in [0.2, 0.25) is 0 Å². The standard InChI is InChI=1S/C7H12BrNO2/c8-5-2-1-4(7(9)11)3-6(5)10/h4-6,10H,1-3H2,(H2,9,11). The number of nitrogens with two attached hydrogens (primary N) is 1. The molecule has 1 aliphatic rings. The fourth-order valence-corrected chi connectivity index (χ4v) is 1.85. The number of carbonyl (C=O) groups excluding carboxylic acids is 1. The lowest BCUT2D eigenvalue weighted by atomic mass is 9.87. The van der Waals surface area contributed by atoms with E-state index < -0.39 is 6.10 Å².